The van der Waals surface area contributed by atoms with Crippen LogP contribution in [0, 0.1) is 5.92 Å². The summed E-state index contributed by atoms with van der Waals surface area (Å²) in [5, 5.41) is 7.65. The lowest BCUT2D eigenvalue weighted by molar-refractivity contribution is -0.123. The number of nitrogens with zero attached hydrogens (tertiary/aromatic N) is 3. The zero-order valence-electron chi connectivity index (χ0n) is 25.6. The summed E-state index contributed by atoms with van der Waals surface area (Å²) in [5.41, 5.74) is 0.609. The van der Waals surface area contributed by atoms with Crippen LogP contribution in [0.3, 0.4) is 0 Å². The van der Waals surface area contributed by atoms with Gasteiger partial charge in [-0.25, -0.2) is 9.78 Å². The van der Waals surface area contributed by atoms with E-state index in [-0.39, 0.29) is 44.4 Å². The molecule has 0 unspecified atom stereocenters. The molecular formula is C25H41BN6O12P2. The Bertz CT molecular complexity index is 1110. The van der Waals surface area contributed by atoms with Gasteiger partial charge in [0.25, 0.3) is 12.3 Å². The molecule has 1 fully saturated rings. The van der Waals surface area contributed by atoms with Gasteiger partial charge in [-0.2, -0.15) is 0 Å². The minimum absolute atomic E-state index is 0.0576. The molecule has 0 radical (unpaired) electrons. The van der Waals surface area contributed by atoms with Crippen LogP contribution in [0.25, 0.3) is 0 Å². The topological polar surface area (TPSA) is 243 Å². The monoisotopic (exact) mass is 690 g/mol. The van der Waals surface area contributed by atoms with Gasteiger partial charge in [-0.3, -0.25) is 33.8 Å². The van der Waals surface area contributed by atoms with E-state index in [0.29, 0.717) is 25.1 Å². The SMILES string of the molecule is C=CC(=C)C[C@H](NC(=O)c1cnccn1)C(=O)N[C@H](CC(C)C)B1OCCN(CCOC(=O)NC(OP(O)O)OP(O)O)CCO1. The van der Waals surface area contributed by atoms with E-state index in [0.717, 1.165) is 0 Å². The fraction of sp³-hybridized carbons (Fsp3) is 0.560. The summed E-state index contributed by atoms with van der Waals surface area (Å²) in [6.45, 7) is 13.1. The van der Waals surface area contributed by atoms with Gasteiger partial charge in [0.05, 0.1) is 12.1 Å². The van der Waals surface area contributed by atoms with E-state index in [1.807, 2.05) is 24.1 Å². The summed E-state index contributed by atoms with van der Waals surface area (Å²) >= 11 is 0. The van der Waals surface area contributed by atoms with Crippen LogP contribution in [0.2, 0.25) is 0 Å². The maximum Gasteiger partial charge on any atom is 0.480 e. The van der Waals surface area contributed by atoms with Crippen molar-refractivity contribution in [1.82, 2.24) is 30.8 Å². The summed E-state index contributed by atoms with van der Waals surface area (Å²) in [6, 6.07) is -0.978. The highest BCUT2D eigenvalue weighted by molar-refractivity contribution is 7.40. The summed E-state index contributed by atoms with van der Waals surface area (Å²) in [6.07, 6.45) is 3.35. The highest BCUT2D eigenvalue weighted by Gasteiger charge is 2.35. The number of hydrogen-bond acceptors (Lipinski definition) is 15. The molecule has 2 atom stereocenters. The maximum absolute atomic E-state index is 13.5. The van der Waals surface area contributed by atoms with Crippen LogP contribution in [0.1, 0.15) is 37.2 Å². The largest absolute Gasteiger partial charge is 0.480 e. The van der Waals surface area contributed by atoms with Crippen LogP contribution in [-0.4, -0.2) is 117 Å². The number of alkyl carbamates (subject to hydrolysis) is 1. The molecule has 1 aromatic heterocycles. The molecule has 0 aromatic carbocycles. The van der Waals surface area contributed by atoms with E-state index in [9.17, 15) is 14.4 Å². The lowest BCUT2D eigenvalue weighted by Crippen LogP contribution is -2.57. The molecule has 1 aromatic rings. The van der Waals surface area contributed by atoms with Crippen molar-refractivity contribution in [2.75, 3.05) is 39.5 Å². The molecule has 2 heterocycles. The van der Waals surface area contributed by atoms with Gasteiger partial charge in [0, 0.05) is 51.7 Å². The standard InChI is InChI=1S/C25H41BN6O12P2/c1-5-18(4)15-19(29-23(34)20-16-27-6-7-28-20)22(33)30-21(14-17(2)3)26-41-12-9-32(10-13-42-26)8-11-40-24(35)31-25(43-45(36)37)44-46(38)39/h5-7,16-17,19,21,25,36-39H,1,4,8-15H2,2-3H3,(H,29,34)(H,30,33)(H,31,35)/t19-,21+/m0/s1. The predicted octanol–water partition coefficient (Wildman–Crippen LogP) is 0.0804. The molecule has 21 heteroatoms. The molecule has 0 spiro atoms. The van der Waals surface area contributed by atoms with Crippen LogP contribution in [0.15, 0.2) is 43.4 Å². The van der Waals surface area contributed by atoms with E-state index < -0.39 is 60.6 Å². The smallest absolute Gasteiger partial charge is 0.448 e. The van der Waals surface area contributed by atoms with Crippen molar-refractivity contribution in [3.63, 3.8) is 0 Å². The molecule has 1 aliphatic heterocycles. The van der Waals surface area contributed by atoms with Gasteiger partial charge < -0.3 is 44.3 Å². The lowest BCUT2D eigenvalue weighted by atomic mass is 9.73. The minimum atomic E-state index is -2.96. The molecule has 18 nitrogen and oxygen atoms in total. The van der Waals surface area contributed by atoms with E-state index >= 15 is 0 Å². The first-order chi connectivity index (χ1) is 21.9. The Balaban J connectivity index is 1.93. The van der Waals surface area contributed by atoms with Gasteiger partial charge in [-0.15, -0.1) is 0 Å². The number of carbonyl (C=O) groups excluding carboxylic acids is 3. The van der Waals surface area contributed by atoms with Gasteiger partial charge in [-0.05, 0) is 12.3 Å². The number of ether oxygens (including phenoxy) is 1. The molecule has 0 aliphatic carbocycles. The van der Waals surface area contributed by atoms with Crippen molar-refractivity contribution in [1.29, 1.82) is 0 Å². The minimum Gasteiger partial charge on any atom is -0.448 e. The number of nitrogens with one attached hydrogen (secondary N) is 3. The van der Waals surface area contributed by atoms with E-state index in [1.54, 1.807) is 0 Å². The third-order valence-electron chi connectivity index (χ3n) is 6.19. The Morgan fingerprint density at radius 3 is 2.28 bits per heavy atom. The number of aromatic nitrogens is 2. The molecule has 3 amide bonds. The third kappa shape index (κ3) is 15.8. The number of allylic oxidation sites excluding steroid dienone is 1. The van der Waals surface area contributed by atoms with Gasteiger partial charge in [0.15, 0.2) is 0 Å². The van der Waals surface area contributed by atoms with Crippen LogP contribution in [0.4, 0.5) is 4.79 Å². The normalized spacial score (nSPS) is 15.7. The second kappa shape index (κ2) is 21.3. The Kier molecular flexibility index (Phi) is 18.3. The Morgan fingerprint density at radius 2 is 1.74 bits per heavy atom. The second-order valence-corrected chi connectivity index (χ2v) is 11.6. The average molecular weight is 690 g/mol. The first-order valence-corrected chi connectivity index (χ1v) is 16.5. The summed E-state index contributed by atoms with van der Waals surface area (Å²) in [5.74, 6) is -1.41. The maximum atomic E-state index is 13.5. The Hall–Kier alpha value is -2.67. The van der Waals surface area contributed by atoms with Crippen molar-refractivity contribution < 1.29 is 57.1 Å². The van der Waals surface area contributed by atoms with Crippen LogP contribution >= 0.6 is 17.2 Å². The second-order valence-electron chi connectivity index (χ2n) is 10.2. The van der Waals surface area contributed by atoms with E-state index in [1.165, 1.54) is 24.7 Å². The van der Waals surface area contributed by atoms with Gasteiger partial charge in [-0.1, -0.05) is 38.7 Å². The summed E-state index contributed by atoms with van der Waals surface area (Å²) in [4.78, 5) is 83.7. The molecule has 1 saturated heterocycles. The molecule has 7 N–H and O–H groups in total. The van der Waals surface area contributed by atoms with Crippen molar-refractivity contribution in [2.24, 2.45) is 5.92 Å². The van der Waals surface area contributed by atoms with Gasteiger partial charge in [0.2, 0.25) is 5.91 Å². The number of amides is 3. The fourth-order valence-electron chi connectivity index (χ4n) is 4.09. The van der Waals surface area contributed by atoms with Crippen molar-refractivity contribution in [3.8, 4) is 0 Å². The molecule has 1 aliphatic rings. The van der Waals surface area contributed by atoms with Crippen molar-refractivity contribution in [3.05, 3.63) is 49.1 Å². The molecule has 46 heavy (non-hydrogen) atoms. The van der Waals surface area contributed by atoms with Crippen molar-refractivity contribution >= 4 is 42.2 Å². The molecule has 256 valence electrons. The Morgan fingerprint density at radius 1 is 1.09 bits per heavy atom. The number of rotatable bonds is 18. The number of carbonyl (C=O) groups is 3. The first kappa shape index (κ1) is 39.5. The molecular weight excluding hydrogens is 649 g/mol. The summed E-state index contributed by atoms with van der Waals surface area (Å²) < 4.78 is 25.9. The average Bonchev–Trinajstić information content (AvgIpc) is 2.96. The quantitative estimate of drug-likeness (QED) is 0.0467. The first-order valence-electron chi connectivity index (χ1n) is 14.1. The molecule has 0 saturated carbocycles. The number of hydrogen-bond donors (Lipinski definition) is 7. The molecule has 0 bridgehead atoms. The highest BCUT2D eigenvalue weighted by atomic mass is 31.2. The van der Waals surface area contributed by atoms with Crippen molar-refractivity contribution in [2.45, 2.75) is 45.1 Å². The van der Waals surface area contributed by atoms with Crippen LogP contribution in [0.5, 0.6) is 0 Å². The van der Waals surface area contributed by atoms with E-state index in [2.05, 4.69) is 42.8 Å². The highest BCUT2D eigenvalue weighted by Crippen LogP contribution is 2.33. The Labute approximate surface area is 269 Å². The zero-order valence-corrected chi connectivity index (χ0v) is 27.3. The molecule has 2 rings (SSSR count). The van der Waals surface area contributed by atoms with Crippen LogP contribution < -0.4 is 16.0 Å². The third-order valence-corrected chi connectivity index (χ3v) is 6.95. The van der Waals surface area contributed by atoms with Crippen LogP contribution in [-0.2, 0) is 27.9 Å². The predicted molar refractivity (Wildman–Crippen MR) is 166 cm³/mol. The van der Waals surface area contributed by atoms with E-state index in [4.69, 9.17) is 33.6 Å². The zero-order chi connectivity index (χ0) is 34.1. The summed E-state index contributed by atoms with van der Waals surface area (Å²) in [7, 11) is -6.71. The van der Waals surface area contributed by atoms with Gasteiger partial charge >= 0.3 is 30.4 Å². The van der Waals surface area contributed by atoms with Gasteiger partial charge in [0.1, 0.15) is 18.3 Å². The fourth-order valence-corrected chi connectivity index (χ4v) is 4.69. The lowest BCUT2D eigenvalue weighted by Gasteiger charge is -2.32.